The van der Waals surface area contributed by atoms with E-state index >= 15 is 0 Å². The molecule has 1 N–H and O–H groups in total. The molecule has 0 aliphatic carbocycles. The van der Waals surface area contributed by atoms with Crippen LogP contribution in [0.1, 0.15) is 30.9 Å². The first-order valence-electron chi connectivity index (χ1n) is 7.58. The number of hydrogen-bond acceptors (Lipinski definition) is 3. The minimum absolute atomic E-state index is 0.210. The molecule has 1 fully saturated rings. The first kappa shape index (κ1) is 16.4. The van der Waals surface area contributed by atoms with Crippen molar-refractivity contribution in [3.63, 3.8) is 0 Å². The van der Waals surface area contributed by atoms with E-state index in [1.165, 1.54) is 6.07 Å². The van der Waals surface area contributed by atoms with Gasteiger partial charge in [-0.3, -0.25) is 0 Å². The zero-order valence-corrected chi connectivity index (χ0v) is 13.5. The van der Waals surface area contributed by atoms with E-state index in [1.807, 2.05) is 13.0 Å². The Morgan fingerprint density at radius 2 is 2.19 bits per heavy atom. The van der Waals surface area contributed by atoms with Crippen molar-refractivity contribution in [2.24, 2.45) is 5.92 Å². The van der Waals surface area contributed by atoms with Gasteiger partial charge in [0.05, 0.1) is 11.5 Å². The third-order valence-corrected chi connectivity index (χ3v) is 6.05. The normalized spacial score (nSPS) is 22.3. The summed E-state index contributed by atoms with van der Waals surface area (Å²) >= 11 is 0. The molecule has 118 valence electrons. The minimum atomic E-state index is -2.82. The molecule has 1 aromatic rings. The van der Waals surface area contributed by atoms with Gasteiger partial charge in [-0.15, -0.1) is 0 Å². The van der Waals surface area contributed by atoms with Crippen LogP contribution in [0.25, 0.3) is 0 Å². The molecule has 1 aromatic carbocycles. The van der Waals surface area contributed by atoms with E-state index in [4.69, 9.17) is 0 Å². The standard InChI is InChI=1S/C16H24FNO2S/c1-3-18-16(9-13-6-7-21(19,20)11-13)10-14-4-5-15(17)8-12(14)2/h4-5,8,13,16,18H,3,6-7,9-11H2,1-2H3. The predicted octanol–water partition coefficient (Wildman–Crippen LogP) is 2.48. The number of hydrogen-bond donors (Lipinski definition) is 1. The third-order valence-electron chi connectivity index (χ3n) is 4.21. The molecule has 0 bridgehead atoms. The van der Waals surface area contributed by atoms with Crippen molar-refractivity contribution in [3.8, 4) is 0 Å². The Kier molecular flexibility index (Phi) is 5.38. The summed E-state index contributed by atoms with van der Waals surface area (Å²) in [6.07, 6.45) is 2.45. The lowest BCUT2D eigenvalue weighted by atomic mass is 9.93. The highest BCUT2D eigenvalue weighted by atomic mass is 32.2. The fourth-order valence-electron chi connectivity index (χ4n) is 3.14. The Bertz CT molecular complexity index is 586. The molecule has 0 saturated carbocycles. The fourth-order valence-corrected chi connectivity index (χ4v) is 5.02. The molecule has 1 aliphatic rings. The lowest BCUT2D eigenvalue weighted by Crippen LogP contribution is -2.33. The second-order valence-corrected chi connectivity index (χ2v) is 8.26. The van der Waals surface area contributed by atoms with E-state index < -0.39 is 9.84 Å². The van der Waals surface area contributed by atoms with Crippen molar-refractivity contribution in [3.05, 3.63) is 35.1 Å². The van der Waals surface area contributed by atoms with E-state index in [0.717, 1.165) is 36.9 Å². The first-order valence-corrected chi connectivity index (χ1v) is 9.40. The molecule has 0 spiro atoms. The van der Waals surface area contributed by atoms with Crippen molar-refractivity contribution in [1.82, 2.24) is 5.32 Å². The maximum Gasteiger partial charge on any atom is 0.150 e. The van der Waals surface area contributed by atoms with Crippen molar-refractivity contribution in [2.45, 2.75) is 39.2 Å². The van der Waals surface area contributed by atoms with E-state index in [2.05, 4.69) is 12.2 Å². The lowest BCUT2D eigenvalue weighted by Gasteiger charge is -2.22. The summed E-state index contributed by atoms with van der Waals surface area (Å²) in [5.41, 5.74) is 2.08. The SMILES string of the molecule is CCNC(Cc1ccc(F)cc1C)CC1CCS(=O)(=O)C1. The predicted molar refractivity (Wildman–Crippen MR) is 83.7 cm³/mol. The number of likely N-dealkylation sites (N-methyl/N-ethyl adjacent to an activating group) is 1. The summed E-state index contributed by atoms with van der Waals surface area (Å²) in [6.45, 7) is 4.82. The summed E-state index contributed by atoms with van der Waals surface area (Å²) < 4.78 is 36.3. The summed E-state index contributed by atoms with van der Waals surface area (Å²) in [5, 5.41) is 3.44. The number of nitrogens with one attached hydrogen (secondary N) is 1. The quantitative estimate of drug-likeness (QED) is 0.877. The average Bonchev–Trinajstić information content (AvgIpc) is 2.72. The maximum atomic E-state index is 13.2. The molecule has 0 aromatic heterocycles. The molecule has 2 atom stereocenters. The van der Waals surface area contributed by atoms with Gasteiger partial charge in [0.25, 0.3) is 0 Å². The highest BCUT2D eigenvalue weighted by molar-refractivity contribution is 7.91. The van der Waals surface area contributed by atoms with Crippen LogP contribution in [-0.4, -0.2) is 32.5 Å². The second kappa shape index (κ2) is 6.88. The van der Waals surface area contributed by atoms with Gasteiger partial charge >= 0.3 is 0 Å². The zero-order valence-electron chi connectivity index (χ0n) is 12.7. The van der Waals surface area contributed by atoms with Crippen LogP contribution in [-0.2, 0) is 16.3 Å². The molecule has 2 unspecified atom stereocenters. The van der Waals surface area contributed by atoms with Crippen molar-refractivity contribution < 1.29 is 12.8 Å². The summed E-state index contributed by atoms with van der Waals surface area (Å²) in [6, 6.07) is 5.13. The number of aryl methyl sites for hydroxylation is 1. The minimum Gasteiger partial charge on any atom is -0.314 e. The Morgan fingerprint density at radius 3 is 2.76 bits per heavy atom. The van der Waals surface area contributed by atoms with Crippen LogP contribution in [0.15, 0.2) is 18.2 Å². The molecule has 5 heteroatoms. The monoisotopic (exact) mass is 313 g/mol. The topological polar surface area (TPSA) is 46.2 Å². The molecular weight excluding hydrogens is 289 g/mol. The van der Waals surface area contributed by atoms with Gasteiger partial charge in [0.2, 0.25) is 0 Å². The highest BCUT2D eigenvalue weighted by Crippen LogP contribution is 2.24. The van der Waals surface area contributed by atoms with Gasteiger partial charge in [0, 0.05) is 6.04 Å². The lowest BCUT2D eigenvalue weighted by molar-refractivity contribution is 0.408. The Hall–Kier alpha value is -0.940. The number of rotatable bonds is 6. The Labute approximate surface area is 126 Å². The van der Waals surface area contributed by atoms with Gasteiger partial charge in [-0.2, -0.15) is 0 Å². The molecule has 1 saturated heterocycles. The van der Waals surface area contributed by atoms with Gasteiger partial charge in [-0.1, -0.05) is 13.0 Å². The molecule has 2 rings (SSSR count). The van der Waals surface area contributed by atoms with Gasteiger partial charge in [0.15, 0.2) is 9.84 Å². The van der Waals surface area contributed by atoms with Crippen LogP contribution in [0.4, 0.5) is 4.39 Å². The van der Waals surface area contributed by atoms with E-state index in [9.17, 15) is 12.8 Å². The number of sulfone groups is 1. The van der Waals surface area contributed by atoms with E-state index in [0.29, 0.717) is 11.5 Å². The van der Waals surface area contributed by atoms with Crippen LogP contribution in [0.5, 0.6) is 0 Å². The van der Waals surface area contributed by atoms with Gasteiger partial charge in [0.1, 0.15) is 5.82 Å². The van der Waals surface area contributed by atoms with Crippen LogP contribution < -0.4 is 5.32 Å². The molecule has 1 aliphatic heterocycles. The third kappa shape index (κ3) is 4.78. The van der Waals surface area contributed by atoms with Crippen molar-refractivity contribution >= 4 is 9.84 Å². The second-order valence-electron chi connectivity index (χ2n) is 6.03. The van der Waals surface area contributed by atoms with Gasteiger partial charge in [-0.05, 0) is 61.9 Å². The Balaban J connectivity index is 2.02. The number of halogens is 1. The summed E-state index contributed by atoms with van der Waals surface area (Å²) in [4.78, 5) is 0. The van der Waals surface area contributed by atoms with Crippen LogP contribution in [0, 0.1) is 18.7 Å². The van der Waals surface area contributed by atoms with Crippen LogP contribution >= 0.6 is 0 Å². The van der Waals surface area contributed by atoms with Crippen molar-refractivity contribution in [1.29, 1.82) is 0 Å². The highest BCUT2D eigenvalue weighted by Gasteiger charge is 2.29. The largest absolute Gasteiger partial charge is 0.314 e. The maximum absolute atomic E-state index is 13.2. The smallest absolute Gasteiger partial charge is 0.150 e. The average molecular weight is 313 g/mol. The fraction of sp³-hybridized carbons (Fsp3) is 0.625. The molecule has 3 nitrogen and oxygen atoms in total. The van der Waals surface area contributed by atoms with Crippen molar-refractivity contribution in [2.75, 3.05) is 18.1 Å². The van der Waals surface area contributed by atoms with Gasteiger partial charge in [-0.25, -0.2) is 12.8 Å². The summed E-state index contributed by atoms with van der Waals surface area (Å²) in [7, 11) is -2.82. The first-order chi connectivity index (χ1) is 9.89. The van der Waals surface area contributed by atoms with E-state index in [1.54, 1.807) is 6.07 Å². The molecule has 1 heterocycles. The van der Waals surface area contributed by atoms with Crippen LogP contribution in [0.3, 0.4) is 0 Å². The number of benzene rings is 1. The zero-order chi connectivity index (χ0) is 15.5. The van der Waals surface area contributed by atoms with Gasteiger partial charge < -0.3 is 5.32 Å². The van der Waals surface area contributed by atoms with E-state index in [-0.39, 0.29) is 17.8 Å². The van der Waals surface area contributed by atoms with Crippen LogP contribution in [0.2, 0.25) is 0 Å². The molecule has 21 heavy (non-hydrogen) atoms. The Morgan fingerprint density at radius 1 is 1.43 bits per heavy atom. The molecule has 0 radical (unpaired) electrons. The molecular formula is C16H24FNO2S. The summed E-state index contributed by atoms with van der Waals surface area (Å²) in [5.74, 6) is 0.682. The molecule has 0 amide bonds.